The van der Waals surface area contributed by atoms with Crippen molar-refractivity contribution in [3.8, 4) is 0 Å². The number of nitrogens with one attached hydrogen (secondary N) is 1. The molecule has 16 heavy (non-hydrogen) atoms. The predicted octanol–water partition coefficient (Wildman–Crippen LogP) is 2.64. The number of hydrogen-bond donors (Lipinski definition) is 1. The molecule has 0 aromatic heterocycles. The minimum Gasteiger partial charge on any atom is -0.313 e. The van der Waals surface area contributed by atoms with E-state index in [4.69, 9.17) is 0 Å². The molecule has 94 valence electrons. The fraction of sp³-hybridized carbons (Fsp3) is 1.00. The van der Waals surface area contributed by atoms with Crippen LogP contribution in [0.4, 0.5) is 0 Å². The normalized spacial score (nSPS) is 36.6. The van der Waals surface area contributed by atoms with E-state index in [1.165, 1.54) is 58.0 Å². The highest BCUT2D eigenvalue weighted by molar-refractivity contribution is 4.81. The van der Waals surface area contributed by atoms with Gasteiger partial charge >= 0.3 is 0 Å². The van der Waals surface area contributed by atoms with Gasteiger partial charge in [-0.05, 0) is 58.0 Å². The van der Waals surface area contributed by atoms with Crippen molar-refractivity contribution in [3.63, 3.8) is 0 Å². The molecule has 1 aliphatic heterocycles. The van der Waals surface area contributed by atoms with Gasteiger partial charge in [0.25, 0.3) is 0 Å². The summed E-state index contributed by atoms with van der Waals surface area (Å²) in [7, 11) is 2.33. The maximum absolute atomic E-state index is 3.66. The summed E-state index contributed by atoms with van der Waals surface area (Å²) < 4.78 is 0. The van der Waals surface area contributed by atoms with Gasteiger partial charge in [0.2, 0.25) is 0 Å². The molecule has 0 spiro atoms. The molecule has 2 rings (SSSR count). The molecule has 1 N–H and O–H groups in total. The molecule has 1 heterocycles. The Kier molecular flexibility index (Phi) is 4.66. The Morgan fingerprint density at radius 2 is 1.81 bits per heavy atom. The number of hydrogen-bond acceptors (Lipinski definition) is 2. The van der Waals surface area contributed by atoms with Crippen molar-refractivity contribution < 1.29 is 0 Å². The summed E-state index contributed by atoms with van der Waals surface area (Å²) in [5.41, 5.74) is 0. The van der Waals surface area contributed by atoms with Gasteiger partial charge in [0, 0.05) is 18.6 Å². The van der Waals surface area contributed by atoms with E-state index in [1.54, 1.807) is 0 Å². The molecule has 2 nitrogen and oxygen atoms in total. The highest BCUT2D eigenvalue weighted by Gasteiger charge is 2.23. The first-order chi connectivity index (χ1) is 7.75. The molecule has 0 radical (unpaired) electrons. The Hall–Kier alpha value is -0.0800. The molecule has 1 aliphatic carbocycles. The first-order valence-electron chi connectivity index (χ1n) is 7.19. The zero-order valence-corrected chi connectivity index (χ0v) is 11.0. The minimum atomic E-state index is 0.762. The van der Waals surface area contributed by atoms with E-state index in [0.717, 1.165) is 18.0 Å². The van der Waals surface area contributed by atoms with Gasteiger partial charge in [0.15, 0.2) is 0 Å². The van der Waals surface area contributed by atoms with Crippen LogP contribution in [0.15, 0.2) is 0 Å². The number of piperidine rings is 1. The van der Waals surface area contributed by atoms with Crippen molar-refractivity contribution >= 4 is 0 Å². The van der Waals surface area contributed by atoms with E-state index < -0.39 is 0 Å². The zero-order chi connectivity index (χ0) is 11.4. The molecule has 1 saturated heterocycles. The van der Waals surface area contributed by atoms with Crippen molar-refractivity contribution in [2.45, 2.75) is 64.0 Å². The van der Waals surface area contributed by atoms with Gasteiger partial charge in [-0.2, -0.15) is 0 Å². The van der Waals surface area contributed by atoms with E-state index >= 15 is 0 Å². The molecule has 1 unspecified atom stereocenters. The first-order valence-corrected chi connectivity index (χ1v) is 7.19. The fourth-order valence-electron chi connectivity index (χ4n) is 3.26. The van der Waals surface area contributed by atoms with Gasteiger partial charge in [-0.3, -0.25) is 0 Å². The Morgan fingerprint density at radius 1 is 1.06 bits per heavy atom. The zero-order valence-electron chi connectivity index (χ0n) is 11.0. The summed E-state index contributed by atoms with van der Waals surface area (Å²) >= 11 is 0. The predicted molar refractivity (Wildman–Crippen MR) is 69.7 cm³/mol. The van der Waals surface area contributed by atoms with Crippen LogP contribution in [0.1, 0.15) is 51.9 Å². The Labute approximate surface area is 101 Å². The SMILES string of the molecule is CC1CCC(N(C)CC2CCCCN2)CC1. The highest BCUT2D eigenvalue weighted by atomic mass is 15.2. The lowest BCUT2D eigenvalue weighted by Gasteiger charge is -2.36. The molecule has 0 amide bonds. The van der Waals surface area contributed by atoms with Crippen LogP contribution in [0.3, 0.4) is 0 Å². The van der Waals surface area contributed by atoms with Crippen molar-refractivity contribution in [2.75, 3.05) is 20.1 Å². The van der Waals surface area contributed by atoms with Crippen LogP contribution in [-0.4, -0.2) is 37.1 Å². The molecule has 0 bridgehead atoms. The van der Waals surface area contributed by atoms with Gasteiger partial charge in [-0.25, -0.2) is 0 Å². The fourth-order valence-corrected chi connectivity index (χ4v) is 3.26. The van der Waals surface area contributed by atoms with Gasteiger partial charge in [-0.15, -0.1) is 0 Å². The molecule has 2 heteroatoms. The maximum Gasteiger partial charge on any atom is 0.0195 e. The third-order valence-corrected chi connectivity index (χ3v) is 4.53. The van der Waals surface area contributed by atoms with Gasteiger partial charge in [0.05, 0.1) is 0 Å². The van der Waals surface area contributed by atoms with Crippen molar-refractivity contribution in [1.29, 1.82) is 0 Å². The quantitative estimate of drug-likeness (QED) is 0.793. The van der Waals surface area contributed by atoms with Crippen LogP contribution >= 0.6 is 0 Å². The molecule has 1 saturated carbocycles. The molecule has 0 aromatic rings. The summed E-state index contributed by atoms with van der Waals surface area (Å²) in [6.45, 7) is 4.90. The second kappa shape index (κ2) is 6.02. The summed E-state index contributed by atoms with van der Waals surface area (Å²) in [5.74, 6) is 0.970. The van der Waals surface area contributed by atoms with E-state index in [-0.39, 0.29) is 0 Å². The average Bonchev–Trinajstić information content (AvgIpc) is 2.31. The van der Waals surface area contributed by atoms with Crippen LogP contribution in [0.25, 0.3) is 0 Å². The number of rotatable bonds is 3. The second-order valence-corrected chi connectivity index (χ2v) is 6.00. The highest BCUT2D eigenvalue weighted by Crippen LogP contribution is 2.26. The van der Waals surface area contributed by atoms with Gasteiger partial charge in [-0.1, -0.05) is 13.3 Å². The third kappa shape index (κ3) is 3.46. The lowest BCUT2D eigenvalue weighted by atomic mass is 9.86. The molecule has 1 atom stereocenters. The maximum atomic E-state index is 3.66. The van der Waals surface area contributed by atoms with E-state index in [1.807, 2.05) is 0 Å². The largest absolute Gasteiger partial charge is 0.313 e. The topological polar surface area (TPSA) is 15.3 Å². The summed E-state index contributed by atoms with van der Waals surface area (Å²) in [6.07, 6.45) is 9.90. The van der Waals surface area contributed by atoms with Crippen LogP contribution < -0.4 is 5.32 Å². The van der Waals surface area contributed by atoms with E-state index in [2.05, 4.69) is 24.2 Å². The van der Waals surface area contributed by atoms with Crippen LogP contribution in [-0.2, 0) is 0 Å². The Balaban J connectivity index is 1.72. The monoisotopic (exact) mass is 224 g/mol. The molecular weight excluding hydrogens is 196 g/mol. The van der Waals surface area contributed by atoms with Gasteiger partial charge < -0.3 is 10.2 Å². The molecule has 2 fully saturated rings. The van der Waals surface area contributed by atoms with Crippen LogP contribution in [0, 0.1) is 5.92 Å². The van der Waals surface area contributed by atoms with Crippen LogP contribution in [0.2, 0.25) is 0 Å². The Bertz CT molecular complexity index is 191. The third-order valence-electron chi connectivity index (χ3n) is 4.53. The van der Waals surface area contributed by atoms with Crippen molar-refractivity contribution in [2.24, 2.45) is 5.92 Å². The summed E-state index contributed by atoms with van der Waals surface area (Å²) in [4.78, 5) is 2.62. The van der Waals surface area contributed by atoms with Crippen molar-refractivity contribution in [3.05, 3.63) is 0 Å². The summed E-state index contributed by atoms with van der Waals surface area (Å²) in [5, 5.41) is 3.66. The molecule has 2 aliphatic rings. The molecular formula is C14H28N2. The standard InChI is InChI=1S/C14H28N2/c1-12-6-8-14(9-7-12)16(2)11-13-5-3-4-10-15-13/h12-15H,3-11H2,1-2H3. The van der Waals surface area contributed by atoms with Gasteiger partial charge in [0.1, 0.15) is 0 Å². The number of nitrogens with zero attached hydrogens (tertiary/aromatic N) is 1. The number of likely N-dealkylation sites (N-methyl/N-ethyl adjacent to an activating group) is 1. The smallest absolute Gasteiger partial charge is 0.0195 e. The Morgan fingerprint density at radius 3 is 2.44 bits per heavy atom. The molecule has 0 aromatic carbocycles. The average molecular weight is 224 g/mol. The van der Waals surface area contributed by atoms with Crippen molar-refractivity contribution in [1.82, 2.24) is 10.2 Å². The van der Waals surface area contributed by atoms with E-state index in [9.17, 15) is 0 Å². The lowest BCUT2D eigenvalue weighted by molar-refractivity contribution is 0.150. The minimum absolute atomic E-state index is 0.762. The lowest BCUT2D eigenvalue weighted by Crippen LogP contribution is -2.46. The van der Waals surface area contributed by atoms with Crippen LogP contribution in [0.5, 0.6) is 0 Å². The first kappa shape index (κ1) is 12.4. The second-order valence-electron chi connectivity index (χ2n) is 6.00. The summed E-state index contributed by atoms with van der Waals surface area (Å²) in [6, 6.07) is 1.62. The van der Waals surface area contributed by atoms with E-state index in [0.29, 0.717) is 0 Å².